The third-order valence-electron chi connectivity index (χ3n) is 3.47. The Morgan fingerprint density at radius 1 is 1.13 bits per heavy atom. The Balaban J connectivity index is 1.70. The van der Waals surface area contributed by atoms with E-state index in [-0.39, 0.29) is 24.3 Å². The number of rotatable bonds is 7. The van der Waals surface area contributed by atoms with Gasteiger partial charge in [-0.05, 0) is 44.5 Å². The number of benzene rings is 1. The molecule has 0 fully saturated rings. The first-order valence-corrected chi connectivity index (χ1v) is 7.71. The lowest BCUT2D eigenvalue weighted by molar-refractivity contribution is -0.127. The zero-order valence-electron chi connectivity index (χ0n) is 13.5. The van der Waals surface area contributed by atoms with Gasteiger partial charge in [0.15, 0.2) is 0 Å². The first kappa shape index (κ1) is 16.8. The lowest BCUT2D eigenvalue weighted by atomic mass is 10.1. The zero-order valence-corrected chi connectivity index (χ0v) is 13.5. The van der Waals surface area contributed by atoms with Crippen LogP contribution in [0.3, 0.4) is 0 Å². The molecule has 0 aliphatic carbocycles. The zero-order chi connectivity index (χ0) is 16.7. The van der Waals surface area contributed by atoms with E-state index in [2.05, 4.69) is 10.6 Å². The highest BCUT2D eigenvalue weighted by Gasteiger charge is 2.12. The topological polar surface area (TPSA) is 71.3 Å². The summed E-state index contributed by atoms with van der Waals surface area (Å²) >= 11 is 0. The van der Waals surface area contributed by atoms with E-state index in [1.54, 1.807) is 6.26 Å². The predicted octanol–water partition coefficient (Wildman–Crippen LogP) is 3.05. The third kappa shape index (κ3) is 5.98. The predicted molar refractivity (Wildman–Crippen MR) is 89.1 cm³/mol. The maximum absolute atomic E-state index is 11.9. The highest BCUT2D eigenvalue weighted by molar-refractivity contribution is 6.03. The van der Waals surface area contributed by atoms with Crippen LogP contribution in [0.4, 0.5) is 5.69 Å². The first-order valence-electron chi connectivity index (χ1n) is 7.71. The van der Waals surface area contributed by atoms with Crippen LogP contribution in [0.1, 0.15) is 31.1 Å². The van der Waals surface area contributed by atoms with Gasteiger partial charge >= 0.3 is 0 Å². The molecule has 0 spiro atoms. The van der Waals surface area contributed by atoms with Gasteiger partial charge in [0.05, 0.1) is 6.26 Å². The van der Waals surface area contributed by atoms with Crippen LogP contribution >= 0.6 is 0 Å². The summed E-state index contributed by atoms with van der Waals surface area (Å²) in [5.41, 5.74) is 1.81. The van der Waals surface area contributed by atoms with E-state index >= 15 is 0 Å². The van der Waals surface area contributed by atoms with Gasteiger partial charge in [-0.15, -0.1) is 0 Å². The maximum atomic E-state index is 11.9. The van der Waals surface area contributed by atoms with Crippen molar-refractivity contribution in [1.29, 1.82) is 0 Å². The second-order valence-corrected chi connectivity index (χ2v) is 5.68. The molecule has 2 rings (SSSR count). The number of amides is 2. The fraction of sp³-hybridized carbons (Fsp3) is 0.333. The summed E-state index contributed by atoms with van der Waals surface area (Å²) in [7, 11) is 0. The Morgan fingerprint density at radius 2 is 1.87 bits per heavy atom. The molecule has 1 aromatic heterocycles. The molecule has 5 nitrogen and oxygen atoms in total. The molecule has 2 aromatic rings. The summed E-state index contributed by atoms with van der Waals surface area (Å²) < 4.78 is 5.25. The van der Waals surface area contributed by atoms with Crippen molar-refractivity contribution in [3.63, 3.8) is 0 Å². The lowest BCUT2D eigenvalue weighted by Crippen LogP contribution is -2.35. The van der Waals surface area contributed by atoms with Crippen molar-refractivity contribution in [2.24, 2.45) is 0 Å². The second-order valence-electron chi connectivity index (χ2n) is 5.68. The highest BCUT2D eigenvalue weighted by Crippen LogP contribution is 2.09. The van der Waals surface area contributed by atoms with Crippen molar-refractivity contribution in [3.8, 4) is 0 Å². The lowest BCUT2D eigenvalue weighted by Gasteiger charge is -2.13. The monoisotopic (exact) mass is 314 g/mol. The Morgan fingerprint density at radius 3 is 2.52 bits per heavy atom. The van der Waals surface area contributed by atoms with E-state index in [0.29, 0.717) is 5.69 Å². The van der Waals surface area contributed by atoms with Crippen LogP contribution in [0.15, 0.2) is 47.1 Å². The van der Waals surface area contributed by atoms with Gasteiger partial charge in [0.1, 0.15) is 12.2 Å². The van der Waals surface area contributed by atoms with Gasteiger partial charge in [0.2, 0.25) is 11.8 Å². The molecule has 5 heteroatoms. The highest BCUT2D eigenvalue weighted by atomic mass is 16.3. The smallest absolute Gasteiger partial charge is 0.233 e. The summed E-state index contributed by atoms with van der Waals surface area (Å²) in [4.78, 5) is 23.7. The van der Waals surface area contributed by atoms with Gasteiger partial charge in [-0.3, -0.25) is 9.59 Å². The molecule has 0 aliphatic heterocycles. The fourth-order valence-corrected chi connectivity index (χ4v) is 2.20. The molecular weight excluding hydrogens is 292 g/mol. The first-order chi connectivity index (χ1) is 11.0. The number of aryl methyl sites for hydroxylation is 2. The molecule has 0 saturated carbocycles. The van der Waals surface area contributed by atoms with Gasteiger partial charge in [-0.1, -0.05) is 17.7 Å². The van der Waals surface area contributed by atoms with Crippen LogP contribution in [0.5, 0.6) is 0 Å². The SMILES string of the molecule is Cc1ccc(NC(=O)CC(=O)N[C@@H](C)CCc2ccco2)cc1. The van der Waals surface area contributed by atoms with Gasteiger partial charge < -0.3 is 15.1 Å². The normalized spacial score (nSPS) is 11.7. The molecule has 0 bridgehead atoms. The number of anilines is 1. The average molecular weight is 314 g/mol. The third-order valence-corrected chi connectivity index (χ3v) is 3.47. The van der Waals surface area contributed by atoms with Gasteiger partial charge in [0, 0.05) is 18.2 Å². The molecule has 0 saturated heterocycles. The van der Waals surface area contributed by atoms with Crippen molar-refractivity contribution in [3.05, 3.63) is 54.0 Å². The van der Waals surface area contributed by atoms with E-state index < -0.39 is 0 Å². The minimum Gasteiger partial charge on any atom is -0.469 e. The molecule has 23 heavy (non-hydrogen) atoms. The molecule has 122 valence electrons. The van der Waals surface area contributed by atoms with Crippen LogP contribution in [0.25, 0.3) is 0 Å². The van der Waals surface area contributed by atoms with Crippen LogP contribution < -0.4 is 10.6 Å². The Labute approximate surface area is 136 Å². The largest absolute Gasteiger partial charge is 0.469 e. The van der Waals surface area contributed by atoms with Crippen LogP contribution in [-0.2, 0) is 16.0 Å². The quantitative estimate of drug-likeness (QED) is 0.772. The van der Waals surface area contributed by atoms with E-state index in [1.165, 1.54) is 0 Å². The van der Waals surface area contributed by atoms with Crippen LogP contribution in [-0.4, -0.2) is 17.9 Å². The molecule has 1 aromatic carbocycles. The molecule has 1 atom stereocenters. The van der Waals surface area contributed by atoms with E-state index in [4.69, 9.17) is 4.42 Å². The van der Waals surface area contributed by atoms with E-state index in [1.807, 2.05) is 50.2 Å². The van der Waals surface area contributed by atoms with Crippen LogP contribution in [0, 0.1) is 6.92 Å². The number of hydrogen-bond donors (Lipinski definition) is 2. The molecule has 2 N–H and O–H groups in total. The number of carbonyl (C=O) groups is 2. The standard InChI is InChI=1S/C18H22N2O3/c1-13-5-8-15(9-6-13)20-18(22)12-17(21)19-14(2)7-10-16-4-3-11-23-16/h3-6,8-9,11,14H,7,10,12H2,1-2H3,(H,19,21)(H,20,22)/t14-/m0/s1. The Hall–Kier alpha value is -2.56. The summed E-state index contributed by atoms with van der Waals surface area (Å²) in [6.45, 7) is 3.89. The number of furan rings is 1. The average Bonchev–Trinajstić information content (AvgIpc) is 3.00. The fourth-order valence-electron chi connectivity index (χ4n) is 2.20. The van der Waals surface area contributed by atoms with Gasteiger partial charge in [0.25, 0.3) is 0 Å². The van der Waals surface area contributed by atoms with Crippen molar-refractivity contribution in [1.82, 2.24) is 5.32 Å². The molecule has 1 heterocycles. The number of nitrogens with one attached hydrogen (secondary N) is 2. The van der Waals surface area contributed by atoms with Crippen molar-refractivity contribution in [2.45, 2.75) is 39.2 Å². The Kier molecular flexibility index (Phi) is 5.97. The Bertz CT molecular complexity index is 633. The number of carbonyl (C=O) groups excluding carboxylic acids is 2. The maximum Gasteiger partial charge on any atom is 0.233 e. The molecule has 0 aliphatic rings. The van der Waals surface area contributed by atoms with Crippen molar-refractivity contribution < 1.29 is 14.0 Å². The second kappa shape index (κ2) is 8.17. The van der Waals surface area contributed by atoms with Crippen molar-refractivity contribution >= 4 is 17.5 Å². The minimum absolute atomic E-state index is 0.0141. The molecule has 2 amide bonds. The van der Waals surface area contributed by atoms with Crippen LogP contribution in [0.2, 0.25) is 0 Å². The summed E-state index contributed by atoms with van der Waals surface area (Å²) in [5, 5.41) is 5.54. The molecule has 0 radical (unpaired) electrons. The van der Waals surface area contributed by atoms with E-state index in [0.717, 1.165) is 24.2 Å². The van der Waals surface area contributed by atoms with Gasteiger partial charge in [-0.25, -0.2) is 0 Å². The summed E-state index contributed by atoms with van der Waals surface area (Å²) in [6.07, 6.45) is 2.97. The molecule has 0 unspecified atom stereocenters. The minimum atomic E-state index is -0.315. The molecular formula is C18H22N2O3. The van der Waals surface area contributed by atoms with Gasteiger partial charge in [-0.2, -0.15) is 0 Å². The number of hydrogen-bond acceptors (Lipinski definition) is 3. The van der Waals surface area contributed by atoms with E-state index in [9.17, 15) is 9.59 Å². The summed E-state index contributed by atoms with van der Waals surface area (Å²) in [5.74, 6) is 0.300. The summed E-state index contributed by atoms with van der Waals surface area (Å²) in [6, 6.07) is 11.2. The van der Waals surface area contributed by atoms with Crippen molar-refractivity contribution in [2.75, 3.05) is 5.32 Å².